The van der Waals surface area contributed by atoms with Crippen LogP contribution in [0.3, 0.4) is 0 Å². The van der Waals surface area contributed by atoms with Gasteiger partial charge in [-0.3, -0.25) is 0 Å². The molecule has 4 aliphatic rings. The Hall–Kier alpha value is -0.420. The lowest BCUT2D eigenvalue weighted by atomic mass is 9.56. The van der Waals surface area contributed by atoms with Crippen molar-refractivity contribution in [3.8, 4) is 6.07 Å². The summed E-state index contributed by atoms with van der Waals surface area (Å²) in [6.45, 7) is 0. The molecule has 4 fully saturated rings. The zero-order valence-corrected chi connectivity index (χ0v) is 11.2. The lowest BCUT2D eigenvalue weighted by Crippen LogP contribution is -2.46. The number of rotatable bonds is 4. The molecule has 4 aliphatic carbocycles. The molecule has 0 radical (unpaired) electrons. The quantitative estimate of drug-likeness (QED) is 0.689. The first-order valence-corrected chi connectivity index (χ1v) is 7.98. The largest absolute Gasteiger partial charge is 0.198 e. The molecular weight excluding hydrogens is 226 g/mol. The van der Waals surface area contributed by atoms with Gasteiger partial charge in [-0.25, -0.2) is 0 Å². The van der Waals surface area contributed by atoms with Gasteiger partial charge in [-0.05, 0) is 67.6 Å². The van der Waals surface area contributed by atoms with Gasteiger partial charge in [0.15, 0.2) is 0 Å². The fraction of sp³-hybridized carbons (Fsp3) is 0.800. The normalized spacial score (nSPS) is 43.1. The summed E-state index contributed by atoms with van der Waals surface area (Å²) in [5.41, 5.74) is 0. The van der Waals surface area contributed by atoms with Crippen LogP contribution in [-0.2, 0) is 0 Å². The van der Waals surface area contributed by atoms with E-state index in [1.807, 2.05) is 0 Å². The summed E-state index contributed by atoms with van der Waals surface area (Å²) in [4.78, 5) is 0. The Bertz CT molecular complexity index is 313. The topological polar surface area (TPSA) is 23.8 Å². The molecule has 0 atom stereocenters. The van der Waals surface area contributed by atoms with E-state index < -0.39 is 0 Å². The first-order chi connectivity index (χ1) is 8.36. The molecule has 0 unspecified atom stereocenters. The SMILES string of the molecule is N#CCC/C=C/SC1C2CC3CC(C2)CC1C3. The maximum Gasteiger partial charge on any atom is 0.0625 e. The van der Waals surface area contributed by atoms with Crippen molar-refractivity contribution in [1.82, 2.24) is 0 Å². The minimum Gasteiger partial charge on any atom is -0.198 e. The van der Waals surface area contributed by atoms with E-state index in [0.29, 0.717) is 6.42 Å². The highest BCUT2D eigenvalue weighted by Gasteiger charge is 2.47. The second kappa shape index (κ2) is 5.06. The van der Waals surface area contributed by atoms with Crippen molar-refractivity contribution in [1.29, 1.82) is 5.26 Å². The fourth-order valence-corrected chi connectivity index (χ4v) is 5.78. The van der Waals surface area contributed by atoms with E-state index in [2.05, 4.69) is 29.3 Å². The predicted molar refractivity (Wildman–Crippen MR) is 72.4 cm³/mol. The van der Waals surface area contributed by atoms with Crippen molar-refractivity contribution in [3.63, 3.8) is 0 Å². The van der Waals surface area contributed by atoms with Gasteiger partial charge in [-0.1, -0.05) is 6.08 Å². The molecule has 0 N–H and O–H groups in total. The van der Waals surface area contributed by atoms with Crippen LogP contribution in [0.5, 0.6) is 0 Å². The zero-order chi connectivity index (χ0) is 11.7. The highest BCUT2D eigenvalue weighted by atomic mass is 32.2. The third-order valence-electron chi connectivity index (χ3n) is 4.89. The molecule has 4 rings (SSSR count). The Morgan fingerprint density at radius 3 is 2.29 bits per heavy atom. The number of hydrogen-bond donors (Lipinski definition) is 0. The van der Waals surface area contributed by atoms with Crippen LogP contribution in [0.1, 0.15) is 44.9 Å². The van der Waals surface area contributed by atoms with Crippen molar-refractivity contribution in [3.05, 3.63) is 11.5 Å². The van der Waals surface area contributed by atoms with Gasteiger partial charge in [0.2, 0.25) is 0 Å². The molecule has 0 saturated heterocycles. The number of nitrogens with zero attached hydrogens (tertiary/aromatic N) is 1. The lowest BCUT2D eigenvalue weighted by molar-refractivity contribution is 0.0269. The second-order valence-electron chi connectivity index (χ2n) is 6.10. The number of nitriles is 1. The van der Waals surface area contributed by atoms with Crippen LogP contribution >= 0.6 is 11.8 Å². The molecule has 0 aromatic heterocycles. The third-order valence-corrected chi connectivity index (χ3v) is 6.33. The van der Waals surface area contributed by atoms with Crippen LogP contribution < -0.4 is 0 Å². The smallest absolute Gasteiger partial charge is 0.0625 e. The minimum atomic E-state index is 0.665. The van der Waals surface area contributed by atoms with Crippen molar-refractivity contribution in [2.45, 2.75) is 50.2 Å². The third kappa shape index (κ3) is 2.40. The molecule has 0 aromatic rings. The summed E-state index contributed by atoms with van der Waals surface area (Å²) < 4.78 is 0. The molecule has 17 heavy (non-hydrogen) atoms. The molecule has 1 nitrogen and oxygen atoms in total. The van der Waals surface area contributed by atoms with Gasteiger partial charge >= 0.3 is 0 Å². The monoisotopic (exact) mass is 247 g/mol. The molecule has 92 valence electrons. The van der Waals surface area contributed by atoms with Crippen LogP contribution in [0, 0.1) is 35.0 Å². The van der Waals surface area contributed by atoms with Gasteiger partial charge < -0.3 is 0 Å². The molecule has 0 amide bonds. The van der Waals surface area contributed by atoms with Gasteiger partial charge in [-0.15, -0.1) is 11.8 Å². The van der Waals surface area contributed by atoms with Crippen LogP contribution in [0.25, 0.3) is 0 Å². The van der Waals surface area contributed by atoms with Crippen molar-refractivity contribution in [2.75, 3.05) is 0 Å². The number of hydrogen-bond acceptors (Lipinski definition) is 2. The summed E-state index contributed by atoms with van der Waals surface area (Å²) in [6, 6.07) is 2.20. The number of unbranched alkanes of at least 4 members (excludes halogenated alkanes) is 1. The van der Waals surface area contributed by atoms with E-state index in [1.165, 1.54) is 25.7 Å². The Kier molecular flexibility index (Phi) is 3.47. The molecular formula is C15H21NS. The molecule has 0 spiro atoms. The van der Waals surface area contributed by atoms with Gasteiger partial charge in [0.25, 0.3) is 0 Å². The maximum atomic E-state index is 8.49. The molecule has 4 bridgehead atoms. The average molecular weight is 247 g/mol. The molecule has 0 heterocycles. The molecule has 0 aromatic carbocycles. The van der Waals surface area contributed by atoms with E-state index in [9.17, 15) is 0 Å². The molecule has 2 heteroatoms. The zero-order valence-electron chi connectivity index (χ0n) is 10.3. The van der Waals surface area contributed by atoms with E-state index in [1.54, 1.807) is 6.42 Å². The molecule has 4 saturated carbocycles. The van der Waals surface area contributed by atoms with E-state index >= 15 is 0 Å². The van der Waals surface area contributed by atoms with E-state index in [4.69, 9.17) is 5.26 Å². The average Bonchev–Trinajstić information content (AvgIpc) is 2.31. The standard InChI is InChI=1S/C15H21NS/c16-4-2-1-3-5-17-15-13-7-11-6-12(9-13)10-14(15)8-11/h3,5,11-15H,1-2,6-10H2/b5-3+. The second-order valence-corrected chi connectivity index (χ2v) is 7.19. The Morgan fingerprint density at radius 1 is 1.06 bits per heavy atom. The Morgan fingerprint density at radius 2 is 1.71 bits per heavy atom. The first-order valence-electron chi connectivity index (χ1n) is 7.04. The van der Waals surface area contributed by atoms with Crippen molar-refractivity contribution < 1.29 is 0 Å². The highest BCUT2D eigenvalue weighted by Crippen LogP contribution is 2.57. The lowest BCUT2D eigenvalue weighted by Gasteiger charge is -2.54. The van der Waals surface area contributed by atoms with Crippen LogP contribution in [0.2, 0.25) is 0 Å². The van der Waals surface area contributed by atoms with Gasteiger partial charge in [0.05, 0.1) is 6.07 Å². The molecule has 0 aliphatic heterocycles. The Balaban J connectivity index is 1.54. The number of thioether (sulfide) groups is 1. The summed E-state index contributed by atoms with van der Waals surface area (Å²) in [5.74, 6) is 4.18. The highest BCUT2D eigenvalue weighted by molar-refractivity contribution is 8.02. The van der Waals surface area contributed by atoms with Gasteiger partial charge in [0, 0.05) is 11.7 Å². The van der Waals surface area contributed by atoms with Crippen LogP contribution in [0.4, 0.5) is 0 Å². The maximum absolute atomic E-state index is 8.49. The first kappa shape index (κ1) is 11.7. The fourth-order valence-electron chi connectivity index (χ4n) is 4.46. The summed E-state index contributed by atoms with van der Waals surface area (Å²) >= 11 is 2.07. The van der Waals surface area contributed by atoms with Gasteiger partial charge in [0.1, 0.15) is 0 Å². The van der Waals surface area contributed by atoms with Crippen molar-refractivity contribution >= 4 is 11.8 Å². The van der Waals surface area contributed by atoms with E-state index in [0.717, 1.165) is 35.3 Å². The van der Waals surface area contributed by atoms with Crippen LogP contribution in [0.15, 0.2) is 11.5 Å². The summed E-state index contributed by atoms with van der Waals surface area (Å²) in [5, 5.41) is 11.7. The van der Waals surface area contributed by atoms with Crippen LogP contribution in [-0.4, -0.2) is 5.25 Å². The number of allylic oxidation sites excluding steroid dienone is 1. The Labute approximate surface area is 109 Å². The predicted octanol–water partition coefficient (Wildman–Crippen LogP) is 4.36. The van der Waals surface area contributed by atoms with Crippen molar-refractivity contribution in [2.24, 2.45) is 23.7 Å². The van der Waals surface area contributed by atoms with Gasteiger partial charge in [-0.2, -0.15) is 5.26 Å². The van der Waals surface area contributed by atoms with E-state index in [-0.39, 0.29) is 0 Å². The minimum absolute atomic E-state index is 0.665. The summed E-state index contributed by atoms with van der Waals surface area (Å²) in [7, 11) is 0. The summed E-state index contributed by atoms with van der Waals surface area (Å²) in [6.07, 6.45) is 11.4.